The lowest BCUT2D eigenvalue weighted by atomic mass is 10.3. The molecule has 0 saturated heterocycles. The standard InChI is InChI=1S/C14H13ClFN3O3S/c1-17-14(20)18-9-2-4-10(5-3-9)19-23(21,22)11-6-7-13(16)12(15)8-11/h2-8,19H,1H3,(H2,17,18,20). The van der Waals surface area contributed by atoms with E-state index in [1.54, 1.807) is 0 Å². The average molecular weight is 358 g/mol. The second kappa shape index (κ2) is 6.84. The number of nitrogens with one attached hydrogen (secondary N) is 3. The van der Waals surface area contributed by atoms with Gasteiger partial charge in [0, 0.05) is 18.4 Å². The predicted octanol–water partition coefficient (Wildman–Crippen LogP) is 3.03. The highest BCUT2D eigenvalue weighted by Crippen LogP contribution is 2.22. The summed E-state index contributed by atoms with van der Waals surface area (Å²) in [5.74, 6) is -0.699. The largest absolute Gasteiger partial charge is 0.341 e. The molecule has 2 aromatic carbocycles. The minimum Gasteiger partial charge on any atom is -0.341 e. The number of amides is 2. The van der Waals surface area contributed by atoms with E-state index in [4.69, 9.17) is 11.6 Å². The van der Waals surface area contributed by atoms with Crippen molar-refractivity contribution in [3.8, 4) is 0 Å². The van der Waals surface area contributed by atoms with E-state index in [1.165, 1.54) is 31.3 Å². The Morgan fingerprint density at radius 3 is 2.26 bits per heavy atom. The van der Waals surface area contributed by atoms with Crippen LogP contribution in [0.4, 0.5) is 20.6 Å². The highest BCUT2D eigenvalue weighted by atomic mass is 35.5. The van der Waals surface area contributed by atoms with Crippen molar-refractivity contribution >= 4 is 39.0 Å². The van der Waals surface area contributed by atoms with Crippen molar-refractivity contribution in [2.24, 2.45) is 0 Å². The first-order valence-electron chi connectivity index (χ1n) is 6.38. The molecule has 0 unspecified atom stereocenters. The summed E-state index contributed by atoms with van der Waals surface area (Å²) >= 11 is 5.59. The van der Waals surface area contributed by atoms with Gasteiger partial charge in [-0.25, -0.2) is 17.6 Å². The monoisotopic (exact) mass is 357 g/mol. The molecule has 9 heteroatoms. The van der Waals surface area contributed by atoms with E-state index < -0.39 is 15.8 Å². The molecule has 0 aliphatic heterocycles. The van der Waals surface area contributed by atoms with Crippen LogP contribution in [0, 0.1) is 5.82 Å². The molecule has 122 valence electrons. The smallest absolute Gasteiger partial charge is 0.318 e. The fourth-order valence-corrected chi connectivity index (χ4v) is 3.00. The zero-order valence-corrected chi connectivity index (χ0v) is 13.5. The van der Waals surface area contributed by atoms with Crippen LogP contribution in [0.15, 0.2) is 47.4 Å². The van der Waals surface area contributed by atoms with E-state index in [0.717, 1.165) is 18.2 Å². The highest BCUT2D eigenvalue weighted by molar-refractivity contribution is 7.92. The van der Waals surface area contributed by atoms with Gasteiger partial charge in [-0.15, -0.1) is 0 Å². The number of hydrogen-bond acceptors (Lipinski definition) is 3. The third-order valence-electron chi connectivity index (χ3n) is 2.82. The van der Waals surface area contributed by atoms with Crippen LogP contribution >= 0.6 is 11.6 Å². The second-order valence-electron chi connectivity index (χ2n) is 4.46. The Kier molecular flexibility index (Phi) is 5.07. The molecule has 0 heterocycles. The maximum Gasteiger partial charge on any atom is 0.318 e. The van der Waals surface area contributed by atoms with E-state index in [2.05, 4.69) is 15.4 Å². The Bertz CT molecular complexity index is 826. The molecule has 2 amide bonds. The first-order chi connectivity index (χ1) is 10.8. The first kappa shape index (κ1) is 17.0. The summed E-state index contributed by atoms with van der Waals surface area (Å²) in [6.45, 7) is 0. The predicted molar refractivity (Wildman–Crippen MR) is 86.7 cm³/mol. The summed E-state index contributed by atoms with van der Waals surface area (Å²) in [5, 5.41) is 4.65. The second-order valence-corrected chi connectivity index (χ2v) is 6.55. The minimum absolute atomic E-state index is 0.156. The van der Waals surface area contributed by atoms with Gasteiger partial charge in [-0.05, 0) is 42.5 Å². The molecule has 2 aromatic rings. The van der Waals surface area contributed by atoms with E-state index in [1.807, 2.05) is 0 Å². The topological polar surface area (TPSA) is 87.3 Å². The number of anilines is 2. The third-order valence-corrected chi connectivity index (χ3v) is 4.49. The zero-order chi connectivity index (χ0) is 17.0. The number of sulfonamides is 1. The number of urea groups is 1. The van der Waals surface area contributed by atoms with Crippen LogP contribution in [0.25, 0.3) is 0 Å². The summed E-state index contributed by atoms with van der Waals surface area (Å²) in [7, 11) is -2.42. The molecule has 0 saturated carbocycles. The van der Waals surface area contributed by atoms with Crippen LogP contribution in [0.1, 0.15) is 0 Å². The SMILES string of the molecule is CNC(=O)Nc1ccc(NS(=O)(=O)c2ccc(F)c(Cl)c2)cc1. The number of carbonyl (C=O) groups excluding carboxylic acids is 1. The Morgan fingerprint density at radius 1 is 1.09 bits per heavy atom. The molecule has 0 atom stereocenters. The number of rotatable bonds is 4. The lowest BCUT2D eigenvalue weighted by Gasteiger charge is -2.10. The van der Waals surface area contributed by atoms with Crippen molar-refractivity contribution in [3.05, 3.63) is 53.3 Å². The van der Waals surface area contributed by atoms with Crippen molar-refractivity contribution in [1.82, 2.24) is 5.32 Å². The van der Waals surface area contributed by atoms with Crippen LogP contribution in [-0.4, -0.2) is 21.5 Å². The van der Waals surface area contributed by atoms with Gasteiger partial charge in [0.1, 0.15) is 5.82 Å². The van der Waals surface area contributed by atoms with E-state index in [-0.39, 0.29) is 21.6 Å². The molecule has 0 radical (unpaired) electrons. The van der Waals surface area contributed by atoms with Gasteiger partial charge in [0.25, 0.3) is 10.0 Å². The van der Waals surface area contributed by atoms with Gasteiger partial charge in [-0.1, -0.05) is 11.6 Å². The van der Waals surface area contributed by atoms with Gasteiger partial charge >= 0.3 is 6.03 Å². The molecule has 0 aliphatic rings. The summed E-state index contributed by atoms with van der Waals surface area (Å²) in [4.78, 5) is 11.0. The summed E-state index contributed by atoms with van der Waals surface area (Å²) in [6, 6.07) is 8.76. The summed E-state index contributed by atoms with van der Waals surface area (Å²) in [5.41, 5.74) is 0.782. The maximum absolute atomic E-state index is 13.1. The van der Waals surface area contributed by atoms with Crippen LogP contribution < -0.4 is 15.4 Å². The fourth-order valence-electron chi connectivity index (χ4n) is 1.67. The van der Waals surface area contributed by atoms with Crippen LogP contribution in [0.5, 0.6) is 0 Å². The van der Waals surface area contributed by atoms with Gasteiger partial charge in [0.15, 0.2) is 0 Å². The third kappa shape index (κ3) is 4.33. The molecule has 0 aromatic heterocycles. The van der Waals surface area contributed by atoms with Crippen molar-refractivity contribution in [3.63, 3.8) is 0 Å². The molecule has 0 fully saturated rings. The quantitative estimate of drug-likeness (QED) is 0.786. The molecule has 2 rings (SSSR count). The van der Waals surface area contributed by atoms with Crippen LogP contribution in [0.2, 0.25) is 5.02 Å². The first-order valence-corrected chi connectivity index (χ1v) is 8.24. The molecular formula is C14H13ClFN3O3S. The van der Waals surface area contributed by atoms with Gasteiger partial charge in [0.05, 0.1) is 9.92 Å². The molecule has 0 aliphatic carbocycles. The lowest BCUT2D eigenvalue weighted by molar-refractivity contribution is 0.254. The number of hydrogen-bond donors (Lipinski definition) is 3. The Hall–Kier alpha value is -2.32. The normalized spacial score (nSPS) is 10.9. The average Bonchev–Trinajstić information content (AvgIpc) is 2.51. The Balaban J connectivity index is 2.17. The van der Waals surface area contributed by atoms with E-state index in [9.17, 15) is 17.6 Å². The van der Waals surface area contributed by atoms with Crippen LogP contribution in [0.3, 0.4) is 0 Å². The van der Waals surface area contributed by atoms with Crippen molar-refractivity contribution in [2.45, 2.75) is 4.90 Å². The van der Waals surface area contributed by atoms with E-state index in [0.29, 0.717) is 5.69 Å². The van der Waals surface area contributed by atoms with Gasteiger partial charge in [-0.3, -0.25) is 4.72 Å². The highest BCUT2D eigenvalue weighted by Gasteiger charge is 2.16. The van der Waals surface area contributed by atoms with Crippen molar-refractivity contribution in [1.29, 1.82) is 0 Å². The molecule has 3 N–H and O–H groups in total. The number of halogens is 2. The molecule has 0 spiro atoms. The van der Waals surface area contributed by atoms with Gasteiger partial charge in [-0.2, -0.15) is 0 Å². The summed E-state index contributed by atoms with van der Waals surface area (Å²) in [6.07, 6.45) is 0. The van der Waals surface area contributed by atoms with Crippen molar-refractivity contribution < 1.29 is 17.6 Å². The zero-order valence-electron chi connectivity index (χ0n) is 11.9. The fraction of sp³-hybridized carbons (Fsp3) is 0.0714. The molecule has 6 nitrogen and oxygen atoms in total. The molecule has 23 heavy (non-hydrogen) atoms. The van der Waals surface area contributed by atoms with Crippen molar-refractivity contribution in [2.75, 3.05) is 17.1 Å². The summed E-state index contributed by atoms with van der Waals surface area (Å²) < 4.78 is 39.8. The van der Waals surface area contributed by atoms with Gasteiger partial charge in [0.2, 0.25) is 0 Å². The Morgan fingerprint density at radius 2 is 1.70 bits per heavy atom. The number of benzene rings is 2. The molecule has 0 bridgehead atoms. The maximum atomic E-state index is 13.1. The number of carbonyl (C=O) groups is 1. The Labute approximate surface area is 137 Å². The van der Waals surface area contributed by atoms with Gasteiger partial charge < -0.3 is 10.6 Å². The van der Waals surface area contributed by atoms with E-state index >= 15 is 0 Å². The van der Waals surface area contributed by atoms with Crippen LogP contribution in [-0.2, 0) is 10.0 Å². The molecular weight excluding hydrogens is 345 g/mol. The lowest BCUT2D eigenvalue weighted by Crippen LogP contribution is -2.24. The minimum atomic E-state index is -3.89.